The molecule has 6 heteroatoms. The van der Waals surface area contributed by atoms with Crippen LogP contribution < -0.4 is 0 Å². The molecule has 0 unspecified atom stereocenters. The fourth-order valence-electron chi connectivity index (χ4n) is 2.01. The molecule has 6 nitrogen and oxygen atoms in total. The number of para-hydroxylation sites is 1. The van der Waals surface area contributed by atoms with E-state index in [-0.39, 0.29) is 5.56 Å². The summed E-state index contributed by atoms with van der Waals surface area (Å²) < 4.78 is 1.54. The van der Waals surface area contributed by atoms with E-state index < -0.39 is 5.97 Å². The van der Waals surface area contributed by atoms with Crippen LogP contribution in [0, 0.1) is 0 Å². The van der Waals surface area contributed by atoms with Crippen LogP contribution in [0.3, 0.4) is 0 Å². The summed E-state index contributed by atoms with van der Waals surface area (Å²) in [5.74, 6) is -0.952. The van der Waals surface area contributed by atoms with E-state index in [0.29, 0.717) is 0 Å². The quantitative estimate of drug-likeness (QED) is 0.784. The number of hydrogen-bond acceptors (Lipinski definition) is 4. The molecule has 1 aromatic heterocycles. The van der Waals surface area contributed by atoms with Crippen LogP contribution >= 0.6 is 0 Å². The second kappa shape index (κ2) is 4.93. The Hall–Kier alpha value is -3.02. The Morgan fingerprint density at radius 2 is 1.95 bits per heavy atom. The zero-order valence-corrected chi connectivity index (χ0v) is 10.3. The van der Waals surface area contributed by atoms with Gasteiger partial charge in [0.15, 0.2) is 0 Å². The Bertz CT molecular complexity index is 753. The molecule has 1 heterocycles. The third-order valence-electron chi connectivity index (χ3n) is 2.92. The van der Waals surface area contributed by atoms with Crippen molar-refractivity contribution in [2.24, 2.45) is 0 Å². The first-order valence-corrected chi connectivity index (χ1v) is 5.92. The van der Waals surface area contributed by atoms with Gasteiger partial charge in [-0.1, -0.05) is 30.3 Å². The minimum absolute atomic E-state index is 0.244. The van der Waals surface area contributed by atoms with Crippen LogP contribution in [0.5, 0.6) is 0 Å². The fraction of sp³-hybridized carbons (Fsp3) is 0. The normalized spacial score (nSPS) is 10.4. The largest absolute Gasteiger partial charge is 0.478 e. The SMILES string of the molecule is O=C(O)c1cccc(-c2ccccc2-n2cnnn2)c1. The summed E-state index contributed by atoms with van der Waals surface area (Å²) in [6, 6.07) is 14.3. The van der Waals surface area contributed by atoms with Gasteiger partial charge in [-0.15, -0.1) is 5.10 Å². The molecule has 1 N–H and O–H groups in total. The first kappa shape index (κ1) is 12.0. The van der Waals surface area contributed by atoms with Gasteiger partial charge in [0.1, 0.15) is 6.33 Å². The first-order valence-electron chi connectivity index (χ1n) is 5.92. The molecule has 0 atom stereocenters. The van der Waals surface area contributed by atoms with E-state index in [9.17, 15) is 4.79 Å². The van der Waals surface area contributed by atoms with E-state index in [1.165, 1.54) is 6.33 Å². The Kier molecular flexibility index (Phi) is 2.96. The molecule has 0 radical (unpaired) electrons. The highest BCUT2D eigenvalue weighted by Gasteiger charge is 2.10. The molecular weight excluding hydrogens is 256 g/mol. The van der Waals surface area contributed by atoms with E-state index in [2.05, 4.69) is 15.5 Å². The lowest BCUT2D eigenvalue weighted by Crippen LogP contribution is -1.99. The molecule has 3 rings (SSSR count). The smallest absolute Gasteiger partial charge is 0.335 e. The van der Waals surface area contributed by atoms with E-state index in [1.807, 2.05) is 30.3 Å². The predicted octanol–water partition coefficient (Wildman–Crippen LogP) is 2.03. The van der Waals surface area contributed by atoms with Crippen molar-refractivity contribution in [2.75, 3.05) is 0 Å². The predicted molar refractivity (Wildman–Crippen MR) is 71.5 cm³/mol. The van der Waals surface area contributed by atoms with Gasteiger partial charge >= 0.3 is 5.97 Å². The number of rotatable bonds is 3. The van der Waals surface area contributed by atoms with Gasteiger partial charge in [0, 0.05) is 5.56 Å². The minimum atomic E-state index is -0.952. The van der Waals surface area contributed by atoms with Gasteiger partial charge in [-0.05, 0) is 34.2 Å². The lowest BCUT2D eigenvalue weighted by atomic mass is 10.0. The monoisotopic (exact) mass is 266 g/mol. The average Bonchev–Trinajstić information content (AvgIpc) is 3.01. The Balaban J connectivity index is 2.16. The third kappa shape index (κ3) is 2.14. The summed E-state index contributed by atoms with van der Waals surface area (Å²) in [5, 5.41) is 20.2. The van der Waals surface area contributed by atoms with Crippen molar-refractivity contribution in [2.45, 2.75) is 0 Å². The first-order chi connectivity index (χ1) is 9.75. The number of carbonyl (C=O) groups is 1. The van der Waals surface area contributed by atoms with Crippen molar-refractivity contribution in [3.63, 3.8) is 0 Å². The van der Waals surface area contributed by atoms with Crippen molar-refractivity contribution in [1.29, 1.82) is 0 Å². The number of carboxylic acid groups (broad SMARTS) is 1. The topological polar surface area (TPSA) is 80.9 Å². The number of tetrazole rings is 1. The van der Waals surface area contributed by atoms with E-state index in [4.69, 9.17) is 5.11 Å². The van der Waals surface area contributed by atoms with Crippen LogP contribution in [0.1, 0.15) is 10.4 Å². The summed E-state index contributed by atoms with van der Waals surface area (Å²) in [6.07, 6.45) is 1.50. The fourth-order valence-corrected chi connectivity index (χ4v) is 2.01. The zero-order chi connectivity index (χ0) is 13.9. The summed E-state index contributed by atoms with van der Waals surface area (Å²) in [6.45, 7) is 0. The summed E-state index contributed by atoms with van der Waals surface area (Å²) in [5.41, 5.74) is 2.70. The molecule has 3 aromatic rings. The highest BCUT2D eigenvalue weighted by atomic mass is 16.4. The van der Waals surface area contributed by atoms with Gasteiger partial charge in [-0.2, -0.15) is 4.68 Å². The van der Waals surface area contributed by atoms with Crippen LogP contribution in [0.25, 0.3) is 16.8 Å². The molecule has 0 amide bonds. The average molecular weight is 266 g/mol. The molecule has 0 aliphatic rings. The number of benzene rings is 2. The second-order valence-electron chi connectivity index (χ2n) is 4.16. The van der Waals surface area contributed by atoms with Gasteiger partial charge in [0.25, 0.3) is 0 Å². The number of nitrogens with zero attached hydrogens (tertiary/aromatic N) is 4. The maximum absolute atomic E-state index is 11.1. The molecule has 98 valence electrons. The highest BCUT2D eigenvalue weighted by molar-refractivity contribution is 5.90. The van der Waals surface area contributed by atoms with Gasteiger partial charge in [0.05, 0.1) is 11.3 Å². The van der Waals surface area contributed by atoms with Crippen molar-refractivity contribution >= 4 is 5.97 Å². The van der Waals surface area contributed by atoms with E-state index in [1.54, 1.807) is 22.9 Å². The number of aromatic nitrogens is 4. The highest BCUT2D eigenvalue weighted by Crippen LogP contribution is 2.26. The zero-order valence-electron chi connectivity index (χ0n) is 10.3. The molecule has 0 aliphatic heterocycles. The number of carboxylic acids is 1. The van der Waals surface area contributed by atoms with Crippen molar-refractivity contribution < 1.29 is 9.90 Å². The van der Waals surface area contributed by atoms with Crippen LogP contribution in [0.4, 0.5) is 0 Å². The maximum atomic E-state index is 11.1. The summed E-state index contributed by atoms with van der Waals surface area (Å²) in [4.78, 5) is 11.1. The number of aromatic carboxylic acids is 1. The molecule has 0 bridgehead atoms. The maximum Gasteiger partial charge on any atom is 0.335 e. The van der Waals surface area contributed by atoms with Crippen molar-refractivity contribution in [1.82, 2.24) is 20.2 Å². The molecule has 0 saturated carbocycles. The van der Waals surface area contributed by atoms with Crippen LogP contribution in [-0.4, -0.2) is 31.3 Å². The number of hydrogen-bond donors (Lipinski definition) is 1. The standard InChI is InChI=1S/C14H10N4O2/c19-14(20)11-5-3-4-10(8-11)12-6-1-2-7-13(12)18-9-15-16-17-18/h1-9H,(H,19,20). The Morgan fingerprint density at radius 1 is 1.10 bits per heavy atom. The van der Waals surface area contributed by atoms with Gasteiger partial charge in [-0.3, -0.25) is 0 Å². The Labute approximate surface area is 114 Å². The van der Waals surface area contributed by atoms with Crippen LogP contribution in [-0.2, 0) is 0 Å². The van der Waals surface area contributed by atoms with Crippen molar-refractivity contribution in [3.05, 3.63) is 60.4 Å². The molecule has 0 aliphatic carbocycles. The lowest BCUT2D eigenvalue weighted by molar-refractivity contribution is 0.0697. The summed E-state index contributed by atoms with van der Waals surface area (Å²) >= 11 is 0. The lowest BCUT2D eigenvalue weighted by Gasteiger charge is -2.09. The Morgan fingerprint density at radius 3 is 2.70 bits per heavy atom. The van der Waals surface area contributed by atoms with Gasteiger partial charge in [0.2, 0.25) is 0 Å². The summed E-state index contributed by atoms with van der Waals surface area (Å²) in [7, 11) is 0. The van der Waals surface area contributed by atoms with Crippen LogP contribution in [0.15, 0.2) is 54.9 Å². The molecule has 0 fully saturated rings. The molecule has 2 aromatic carbocycles. The van der Waals surface area contributed by atoms with E-state index >= 15 is 0 Å². The van der Waals surface area contributed by atoms with Crippen LogP contribution in [0.2, 0.25) is 0 Å². The second-order valence-corrected chi connectivity index (χ2v) is 4.16. The third-order valence-corrected chi connectivity index (χ3v) is 2.92. The van der Waals surface area contributed by atoms with Gasteiger partial charge < -0.3 is 5.11 Å². The van der Waals surface area contributed by atoms with Crippen molar-refractivity contribution in [3.8, 4) is 16.8 Å². The van der Waals surface area contributed by atoms with Gasteiger partial charge in [-0.25, -0.2) is 4.79 Å². The van der Waals surface area contributed by atoms with E-state index in [0.717, 1.165) is 16.8 Å². The minimum Gasteiger partial charge on any atom is -0.478 e. The molecule has 0 saturated heterocycles. The molecule has 20 heavy (non-hydrogen) atoms. The molecule has 0 spiro atoms. The molecular formula is C14H10N4O2.